The molecule has 2 fully saturated rings. The summed E-state index contributed by atoms with van der Waals surface area (Å²) in [6.07, 6.45) is 1.82. The molecule has 0 bridgehead atoms. The SMILES string of the molecule is CC(=O)S[C@@H]1CCC[C@@H]1Nc1noc2c(F)c(F)c(C3OCCO3)cc12. The smallest absolute Gasteiger partial charge is 0.207 e. The van der Waals surface area contributed by atoms with Gasteiger partial charge >= 0.3 is 0 Å². The van der Waals surface area contributed by atoms with Crippen molar-refractivity contribution in [1.29, 1.82) is 0 Å². The van der Waals surface area contributed by atoms with Crippen molar-refractivity contribution in [2.75, 3.05) is 18.5 Å². The summed E-state index contributed by atoms with van der Waals surface area (Å²) in [5, 5.41) is 7.61. The number of thioether (sulfide) groups is 1. The van der Waals surface area contributed by atoms with Crippen molar-refractivity contribution in [2.24, 2.45) is 0 Å². The minimum absolute atomic E-state index is 0.00717. The first-order chi connectivity index (χ1) is 12.5. The molecular weight excluding hydrogens is 366 g/mol. The van der Waals surface area contributed by atoms with Gasteiger partial charge in [-0.1, -0.05) is 23.3 Å². The van der Waals surface area contributed by atoms with Crippen LogP contribution < -0.4 is 5.32 Å². The number of hydrogen-bond donors (Lipinski definition) is 1. The zero-order chi connectivity index (χ0) is 18.3. The van der Waals surface area contributed by atoms with E-state index in [1.165, 1.54) is 24.8 Å². The van der Waals surface area contributed by atoms with E-state index in [-0.39, 0.29) is 27.6 Å². The van der Waals surface area contributed by atoms with Gasteiger partial charge in [-0.3, -0.25) is 4.79 Å². The van der Waals surface area contributed by atoms with E-state index in [2.05, 4.69) is 10.5 Å². The lowest BCUT2D eigenvalue weighted by Crippen LogP contribution is -2.27. The number of fused-ring (bicyclic) bond motifs is 1. The van der Waals surface area contributed by atoms with Gasteiger partial charge in [0.1, 0.15) is 0 Å². The van der Waals surface area contributed by atoms with Gasteiger partial charge < -0.3 is 19.3 Å². The second kappa shape index (κ2) is 7.13. The molecule has 1 N–H and O–H groups in total. The van der Waals surface area contributed by atoms with Crippen LogP contribution in [-0.2, 0) is 14.3 Å². The summed E-state index contributed by atoms with van der Waals surface area (Å²) in [5.74, 6) is -1.84. The van der Waals surface area contributed by atoms with Crippen LogP contribution in [0.2, 0.25) is 0 Å². The van der Waals surface area contributed by atoms with E-state index in [0.29, 0.717) is 24.4 Å². The van der Waals surface area contributed by atoms with Gasteiger partial charge in [0.25, 0.3) is 0 Å². The first-order valence-corrected chi connectivity index (χ1v) is 9.37. The Labute approximate surface area is 152 Å². The summed E-state index contributed by atoms with van der Waals surface area (Å²) < 4.78 is 44.3. The highest BCUT2D eigenvalue weighted by Crippen LogP contribution is 2.37. The van der Waals surface area contributed by atoms with Gasteiger partial charge in [-0.15, -0.1) is 0 Å². The molecule has 9 heteroatoms. The molecule has 0 unspecified atom stereocenters. The lowest BCUT2D eigenvalue weighted by atomic mass is 10.1. The van der Waals surface area contributed by atoms with E-state index in [1.54, 1.807) is 0 Å². The average Bonchev–Trinajstić information content (AvgIpc) is 3.33. The average molecular weight is 384 g/mol. The number of halogens is 2. The van der Waals surface area contributed by atoms with Gasteiger partial charge in [0.15, 0.2) is 23.0 Å². The van der Waals surface area contributed by atoms with Crippen molar-refractivity contribution >= 4 is 33.7 Å². The topological polar surface area (TPSA) is 73.6 Å². The lowest BCUT2D eigenvalue weighted by Gasteiger charge is -2.19. The Kier molecular flexibility index (Phi) is 4.85. The largest absolute Gasteiger partial charge is 0.363 e. The number of benzene rings is 1. The van der Waals surface area contributed by atoms with Gasteiger partial charge in [-0.2, -0.15) is 4.39 Å². The molecule has 140 valence electrons. The molecule has 6 nitrogen and oxygen atoms in total. The molecule has 26 heavy (non-hydrogen) atoms. The summed E-state index contributed by atoms with van der Waals surface area (Å²) in [4.78, 5) is 11.4. The Bertz CT molecular complexity index is 838. The van der Waals surface area contributed by atoms with Crippen LogP contribution in [0.15, 0.2) is 10.6 Å². The Morgan fingerprint density at radius 3 is 2.77 bits per heavy atom. The molecule has 2 aliphatic rings. The highest BCUT2D eigenvalue weighted by Gasteiger charge is 2.32. The van der Waals surface area contributed by atoms with E-state index in [4.69, 9.17) is 14.0 Å². The van der Waals surface area contributed by atoms with Crippen LogP contribution in [0.25, 0.3) is 11.0 Å². The minimum Gasteiger partial charge on any atom is -0.363 e. The Hall–Kier alpha value is -1.71. The Morgan fingerprint density at radius 1 is 1.27 bits per heavy atom. The highest BCUT2D eigenvalue weighted by atomic mass is 32.2. The first-order valence-electron chi connectivity index (χ1n) is 8.49. The molecule has 2 heterocycles. The maximum absolute atomic E-state index is 14.4. The van der Waals surface area contributed by atoms with Crippen molar-refractivity contribution in [3.8, 4) is 0 Å². The number of carbonyl (C=O) groups excluding carboxylic acids is 1. The molecule has 1 saturated heterocycles. The van der Waals surface area contributed by atoms with E-state index in [9.17, 15) is 13.6 Å². The third kappa shape index (κ3) is 3.19. The van der Waals surface area contributed by atoms with E-state index in [1.807, 2.05) is 0 Å². The molecular formula is C17H18F2N2O4S. The second-order valence-electron chi connectivity index (χ2n) is 6.40. The molecule has 0 amide bonds. The third-order valence-electron chi connectivity index (χ3n) is 4.64. The summed E-state index contributed by atoms with van der Waals surface area (Å²) in [5.41, 5.74) is -0.264. The number of anilines is 1. The number of nitrogens with zero attached hydrogens (tertiary/aromatic N) is 1. The summed E-state index contributed by atoms with van der Waals surface area (Å²) in [6.45, 7) is 2.19. The molecule has 1 aromatic heterocycles. The summed E-state index contributed by atoms with van der Waals surface area (Å²) in [6, 6.07) is 1.46. The normalized spacial score (nSPS) is 23.8. The number of hydrogen-bond acceptors (Lipinski definition) is 7. The highest BCUT2D eigenvalue weighted by molar-refractivity contribution is 8.14. The molecule has 0 spiro atoms. The number of carbonyl (C=O) groups is 1. The monoisotopic (exact) mass is 384 g/mol. The molecule has 1 aromatic carbocycles. The molecule has 2 atom stereocenters. The Balaban J connectivity index is 1.66. The second-order valence-corrected chi connectivity index (χ2v) is 7.82. The van der Waals surface area contributed by atoms with Crippen LogP contribution in [0, 0.1) is 11.6 Å². The fourth-order valence-electron chi connectivity index (χ4n) is 3.47. The van der Waals surface area contributed by atoms with Gasteiger partial charge in [-0.05, 0) is 18.9 Å². The van der Waals surface area contributed by atoms with Crippen molar-refractivity contribution in [1.82, 2.24) is 5.16 Å². The van der Waals surface area contributed by atoms with Crippen LogP contribution >= 0.6 is 11.8 Å². The van der Waals surface area contributed by atoms with Crippen molar-refractivity contribution < 1.29 is 27.6 Å². The van der Waals surface area contributed by atoms with Crippen molar-refractivity contribution in [2.45, 2.75) is 43.8 Å². The number of nitrogens with one attached hydrogen (secondary N) is 1. The van der Waals surface area contributed by atoms with Crippen LogP contribution in [-0.4, -0.2) is 34.8 Å². The van der Waals surface area contributed by atoms with Crippen LogP contribution in [0.1, 0.15) is 38.0 Å². The maximum Gasteiger partial charge on any atom is 0.207 e. The van der Waals surface area contributed by atoms with Gasteiger partial charge in [0.2, 0.25) is 11.4 Å². The molecule has 1 saturated carbocycles. The molecule has 4 rings (SSSR count). The number of ether oxygens (including phenoxy) is 2. The quantitative estimate of drug-likeness (QED) is 0.860. The molecule has 1 aliphatic heterocycles. The number of rotatable bonds is 4. The fraction of sp³-hybridized carbons (Fsp3) is 0.529. The molecule has 0 radical (unpaired) electrons. The fourth-order valence-corrected chi connectivity index (χ4v) is 4.55. The predicted octanol–water partition coefficient (Wildman–Crippen LogP) is 3.76. The van der Waals surface area contributed by atoms with Crippen LogP contribution in [0.3, 0.4) is 0 Å². The lowest BCUT2D eigenvalue weighted by molar-refractivity contribution is -0.109. The van der Waals surface area contributed by atoms with Crippen molar-refractivity contribution in [3.63, 3.8) is 0 Å². The standard InChI is InChI=1S/C17H18F2N2O4S/c1-8(22)26-12-4-2-3-11(12)20-16-10-7-9(17-23-5-6-24-17)13(18)14(19)15(10)25-21-16/h7,11-12,17H,2-6H2,1H3,(H,20,21)/t11-,12+/m0/s1. The van der Waals surface area contributed by atoms with Crippen LogP contribution in [0.5, 0.6) is 0 Å². The predicted molar refractivity (Wildman–Crippen MR) is 91.9 cm³/mol. The van der Waals surface area contributed by atoms with Gasteiger partial charge in [-0.25, -0.2) is 4.39 Å². The Morgan fingerprint density at radius 2 is 2.04 bits per heavy atom. The zero-order valence-electron chi connectivity index (χ0n) is 14.1. The van der Waals surface area contributed by atoms with E-state index in [0.717, 1.165) is 19.3 Å². The van der Waals surface area contributed by atoms with Crippen LogP contribution in [0.4, 0.5) is 14.6 Å². The first kappa shape index (κ1) is 17.7. The summed E-state index contributed by atoms with van der Waals surface area (Å²) >= 11 is 1.29. The molecule has 2 aromatic rings. The molecule has 1 aliphatic carbocycles. The van der Waals surface area contributed by atoms with Crippen molar-refractivity contribution in [3.05, 3.63) is 23.3 Å². The zero-order valence-corrected chi connectivity index (χ0v) is 14.9. The summed E-state index contributed by atoms with van der Waals surface area (Å²) in [7, 11) is 0. The minimum atomic E-state index is -1.11. The van der Waals surface area contributed by atoms with Gasteiger partial charge in [0, 0.05) is 23.8 Å². The van der Waals surface area contributed by atoms with E-state index < -0.39 is 17.9 Å². The van der Waals surface area contributed by atoms with Gasteiger partial charge in [0.05, 0.1) is 18.6 Å². The third-order valence-corrected chi connectivity index (χ3v) is 5.84. The maximum atomic E-state index is 14.4. The number of aromatic nitrogens is 1. The van der Waals surface area contributed by atoms with E-state index >= 15 is 0 Å².